The lowest BCUT2D eigenvalue weighted by molar-refractivity contribution is -0.129. The second-order valence-electron chi connectivity index (χ2n) is 5.61. The number of hydrogen-bond donors (Lipinski definition) is 0. The van der Waals surface area contributed by atoms with Gasteiger partial charge in [-0.15, -0.1) is 0 Å². The number of hydrogen-bond acceptors (Lipinski definition) is 1. The number of carbonyl (C=O) groups is 1. The van der Waals surface area contributed by atoms with Crippen molar-refractivity contribution >= 4 is 5.91 Å². The molecule has 0 aliphatic carbocycles. The van der Waals surface area contributed by atoms with E-state index in [0.29, 0.717) is 12.3 Å². The van der Waals surface area contributed by atoms with Gasteiger partial charge in [0.05, 0.1) is 6.42 Å². The zero-order valence-corrected chi connectivity index (χ0v) is 11.7. The third-order valence-electron chi connectivity index (χ3n) is 3.84. The number of nitrogens with zero attached hydrogens (tertiary/aromatic N) is 1. The summed E-state index contributed by atoms with van der Waals surface area (Å²) < 4.78 is 0. The molecule has 0 atom stereocenters. The van der Waals surface area contributed by atoms with Gasteiger partial charge in [0.15, 0.2) is 0 Å². The zero-order chi connectivity index (χ0) is 13.1. The van der Waals surface area contributed by atoms with Crippen molar-refractivity contribution in [3.05, 3.63) is 34.9 Å². The molecular formula is C16H23NO. The van der Waals surface area contributed by atoms with Crippen LogP contribution in [0.25, 0.3) is 0 Å². The molecule has 1 heterocycles. The molecule has 1 aliphatic heterocycles. The molecule has 2 rings (SSSR count). The molecule has 2 heteroatoms. The molecule has 0 spiro atoms. The lowest BCUT2D eigenvalue weighted by atomic mass is 9.96. The molecule has 1 saturated heterocycles. The molecule has 0 aromatic heterocycles. The van der Waals surface area contributed by atoms with E-state index in [9.17, 15) is 4.79 Å². The SMILES string of the molecule is Cc1ccc(C(C)C)cc1CC(=O)N1CCCC1. The summed E-state index contributed by atoms with van der Waals surface area (Å²) in [7, 11) is 0. The molecule has 98 valence electrons. The van der Waals surface area contributed by atoms with Crippen LogP contribution in [0.4, 0.5) is 0 Å². The first-order valence-electron chi connectivity index (χ1n) is 6.95. The second kappa shape index (κ2) is 5.55. The summed E-state index contributed by atoms with van der Waals surface area (Å²) in [5.41, 5.74) is 3.75. The number of carbonyl (C=O) groups excluding carboxylic acids is 1. The van der Waals surface area contributed by atoms with Crippen LogP contribution in [0.15, 0.2) is 18.2 Å². The summed E-state index contributed by atoms with van der Waals surface area (Å²) in [6, 6.07) is 6.51. The summed E-state index contributed by atoms with van der Waals surface area (Å²) in [5.74, 6) is 0.808. The highest BCUT2D eigenvalue weighted by Crippen LogP contribution is 2.20. The standard InChI is InChI=1S/C16H23NO/c1-12(2)14-7-6-13(3)15(10-14)11-16(18)17-8-4-5-9-17/h6-7,10,12H,4-5,8-9,11H2,1-3H3. The monoisotopic (exact) mass is 245 g/mol. The van der Waals surface area contributed by atoms with Gasteiger partial charge in [0.1, 0.15) is 0 Å². The van der Waals surface area contributed by atoms with Gasteiger partial charge in [-0.1, -0.05) is 32.0 Å². The lowest BCUT2D eigenvalue weighted by Gasteiger charge is -2.17. The van der Waals surface area contributed by atoms with Crippen LogP contribution < -0.4 is 0 Å². The molecule has 1 amide bonds. The fourth-order valence-electron chi connectivity index (χ4n) is 2.48. The van der Waals surface area contributed by atoms with Gasteiger partial charge < -0.3 is 4.90 Å². The van der Waals surface area contributed by atoms with Crippen LogP contribution in [0.2, 0.25) is 0 Å². The van der Waals surface area contributed by atoms with Crippen LogP contribution in [0.1, 0.15) is 49.3 Å². The van der Waals surface area contributed by atoms with E-state index >= 15 is 0 Å². The Bertz CT molecular complexity index is 431. The molecule has 18 heavy (non-hydrogen) atoms. The van der Waals surface area contributed by atoms with Gasteiger partial charge in [-0.3, -0.25) is 4.79 Å². The highest BCUT2D eigenvalue weighted by atomic mass is 16.2. The summed E-state index contributed by atoms with van der Waals surface area (Å²) in [4.78, 5) is 14.2. The summed E-state index contributed by atoms with van der Waals surface area (Å²) >= 11 is 0. The smallest absolute Gasteiger partial charge is 0.226 e. The van der Waals surface area contributed by atoms with E-state index in [1.807, 2.05) is 4.90 Å². The number of benzene rings is 1. The highest BCUT2D eigenvalue weighted by molar-refractivity contribution is 5.79. The summed E-state index contributed by atoms with van der Waals surface area (Å²) in [6.07, 6.45) is 2.89. The summed E-state index contributed by atoms with van der Waals surface area (Å²) in [6.45, 7) is 8.37. The molecule has 0 N–H and O–H groups in total. The van der Waals surface area contributed by atoms with Crippen molar-refractivity contribution in [2.24, 2.45) is 0 Å². The maximum Gasteiger partial charge on any atom is 0.226 e. The third kappa shape index (κ3) is 2.92. The minimum absolute atomic E-state index is 0.288. The summed E-state index contributed by atoms with van der Waals surface area (Å²) in [5, 5.41) is 0. The Morgan fingerprint density at radius 2 is 1.94 bits per heavy atom. The second-order valence-corrected chi connectivity index (χ2v) is 5.61. The van der Waals surface area contributed by atoms with E-state index in [0.717, 1.165) is 25.9 Å². The van der Waals surface area contributed by atoms with Gasteiger partial charge in [0, 0.05) is 13.1 Å². The van der Waals surface area contributed by atoms with E-state index in [2.05, 4.69) is 39.0 Å². The normalized spacial score (nSPS) is 15.4. The van der Waals surface area contributed by atoms with E-state index < -0.39 is 0 Å². The van der Waals surface area contributed by atoms with Gasteiger partial charge in [-0.2, -0.15) is 0 Å². The maximum atomic E-state index is 12.2. The van der Waals surface area contributed by atoms with Crippen molar-refractivity contribution in [2.75, 3.05) is 13.1 Å². The topological polar surface area (TPSA) is 20.3 Å². The average Bonchev–Trinajstić information content (AvgIpc) is 2.85. The van der Waals surface area contributed by atoms with Crippen molar-refractivity contribution < 1.29 is 4.79 Å². The Morgan fingerprint density at radius 1 is 1.28 bits per heavy atom. The van der Waals surface area contributed by atoms with Crippen molar-refractivity contribution in [1.82, 2.24) is 4.90 Å². The van der Waals surface area contributed by atoms with Gasteiger partial charge >= 0.3 is 0 Å². The molecular weight excluding hydrogens is 222 g/mol. The Kier molecular flexibility index (Phi) is 4.05. The number of aryl methyl sites for hydroxylation is 1. The Hall–Kier alpha value is -1.31. The minimum Gasteiger partial charge on any atom is -0.342 e. The van der Waals surface area contributed by atoms with E-state index in [-0.39, 0.29) is 5.91 Å². The van der Waals surface area contributed by atoms with Gasteiger partial charge in [0.2, 0.25) is 5.91 Å². The van der Waals surface area contributed by atoms with Crippen LogP contribution >= 0.6 is 0 Å². The average molecular weight is 245 g/mol. The van der Waals surface area contributed by atoms with E-state index in [4.69, 9.17) is 0 Å². The Labute approximate surface area is 110 Å². The van der Waals surface area contributed by atoms with Crippen LogP contribution in [-0.2, 0) is 11.2 Å². The van der Waals surface area contributed by atoms with Crippen molar-refractivity contribution in [2.45, 2.75) is 46.0 Å². The molecule has 0 unspecified atom stereocenters. The number of amides is 1. The predicted octanol–water partition coefficient (Wildman–Crippen LogP) is 3.28. The Morgan fingerprint density at radius 3 is 2.56 bits per heavy atom. The van der Waals surface area contributed by atoms with Crippen molar-refractivity contribution in [3.8, 4) is 0 Å². The van der Waals surface area contributed by atoms with Crippen molar-refractivity contribution in [1.29, 1.82) is 0 Å². The quantitative estimate of drug-likeness (QED) is 0.800. The molecule has 1 aromatic carbocycles. The van der Waals surface area contributed by atoms with Crippen LogP contribution in [-0.4, -0.2) is 23.9 Å². The fraction of sp³-hybridized carbons (Fsp3) is 0.562. The van der Waals surface area contributed by atoms with Gasteiger partial charge in [0.25, 0.3) is 0 Å². The van der Waals surface area contributed by atoms with E-state index in [1.54, 1.807) is 0 Å². The largest absolute Gasteiger partial charge is 0.342 e. The lowest BCUT2D eigenvalue weighted by Crippen LogP contribution is -2.29. The molecule has 2 nitrogen and oxygen atoms in total. The highest BCUT2D eigenvalue weighted by Gasteiger charge is 2.18. The molecule has 0 radical (unpaired) electrons. The molecule has 1 aliphatic rings. The minimum atomic E-state index is 0.288. The fourth-order valence-corrected chi connectivity index (χ4v) is 2.48. The third-order valence-corrected chi connectivity index (χ3v) is 3.84. The molecule has 1 aromatic rings. The predicted molar refractivity (Wildman–Crippen MR) is 74.8 cm³/mol. The van der Waals surface area contributed by atoms with Crippen LogP contribution in [0.3, 0.4) is 0 Å². The van der Waals surface area contributed by atoms with Crippen LogP contribution in [0.5, 0.6) is 0 Å². The molecule has 0 saturated carbocycles. The molecule has 1 fully saturated rings. The first-order chi connectivity index (χ1) is 8.58. The number of likely N-dealkylation sites (tertiary alicyclic amines) is 1. The van der Waals surface area contributed by atoms with Crippen LogP contribution in [0, 0.1) is 6.92 Å². The van der Waals surface area contributed by atoms with Crippen molar-refractivity contribution in [3.63, 3.8) is 0 Å². The van der Waals surface area contributed by atoms with Gasteiger partial charge in [-0.25, -0.2) is 0 Å². The number of rotatable bonds is 3. The molecule has 0 bridgehead atoms. The van der Waals surface area contributed by atoms with E-state index in [1.165, 1.54) is 16.7 Å². The first kappa shape index (κ1) is 13.1. The van der Waals surface area contributed by atoms with Gasteiger partial charge in [-0.05, 0) is 42.4 Å². The Balaban J connectivity index is 2.12. The zero-order valence-electron chi connectivity index (χ0n) is 11.7. The maximum absolute atomic E-state index is 12.2. The first-order valence-corrected chi connectivity index (χ1v) is 6.95.